The highest BCUT2D eigenvalue weighted by atomic mass is 16.5. The van der Waals surface area contributed by atoms with Gasteiger partial charge in [0.1, 0.15) is 11.6 Å². The quantitative estimate of drug-likeness (QED) is 0.638. The van der Waals surface area contributed by atoms with Crippen LogP contribution in [0.5, 0.6) is 5.75 Å². The second-order valence-corrected chi connectivity index (χ2v) is 6.86. The molecule has 0 radical (unpaired) electrons. The molecule has 7 heteroatoms. The Balaban J connectivity index is 1.60. The Kier molecular flexibility index (Phi) is 6.29. The third kappa shape index (κ3) is 5.68. The number of rotatable bonds is 7. The van der Waals surface area contributed by atoms with Crippen molar-refractivity contribution in [1.82, 2.24) is 9.97 Å². The van der Waals surface area contributed by atoms with E-state index in [1.54, 1.807) is 7.11 Å². The second-order valence-electron chi connectivity index (χ2n) is 6.86. The lowest BCUT2D eigenvalue weighted by molar-refractivity contribution is -0.115. The number of anilines is 4. The first-order valence-corrected chi connectivity index (χ1v) is 9.26. The zero-order valence-electron chi connectivity index (χ0n) is 17.1. The fraction of sp³-hybridized carbons (Fsp3) is 0.227. The van der Waals surface area contributed by atoms with Crippen molar-refractivity contribution in [2.45, 2.75) is 13.3 Å². The summed E-state index contributed by atoms with van der Waals surface area (Å²) in [6.07, 6.45) is 0.300. The molecule has 0 atom stereocenters. The second kappa shape index (κ2) is 9.05. The predicted octanol–water partition coefficient (Wildman–Crippen LogP) is 3.78. The normalized spacial score (nSPS) is 10.3. The van der Waals surface area contributed by atoms with Crippen LogP contribution in [0.4, 0.5) is 23.1 Å². The fourth-order valence-electron chi connectivity index (χ4n) is 2.74. The molecule has 0 aliphatic carbocycles. The molecule has 0 spiro atoms. The van der Waals surface area contributed by atoms with Gasteiger partial charge in [-0.05, 0) is 48.9 Å². The average Bonchev–Trinajstić information content (AvgIpc) is 2.69. The first-order valence-electron chi connectivity index (χ1n) is 9.26. The zero-order chi connectivity index (χ0) is 20.8. The Bertz CT molecular complexity index is 969. The first-order chi connectivity index (χ1) is 13.9. The van der Waals surface area contributed by atoms with Crippen molar-refractivity contribution >= 4 is 29.0 Å². The molecule has 29 heavy (non-hydrogen) atoms. The maximum absolute atomic E-state index is 12.3. The first kappa shape index (κ1) is 20.1. The van der Waals surface area contributed by atoms with Crippen LogP contribution < -0.4 is 20.3 Å². The minimum atomic E-state index is -0.0754. The Labute approximate surface area is 170 Å². The van der Waals surface area contributed by atoms with E-state index in [4.69, 9.17) is 4.74 Å². The number of benzene rings is 2. The average molecular weight is 391 g/mol. The largest absolute Gasteiger partial charge is 0.497 e. The minimum Gasteiger partial charge on any atom is -0.497 e. The lowest BCUT2D eigenvalue weighted by Crippen LogP contribution is -2.14. The number of aryl methyl sites for hydroxylation is 1. The van der Waals surface area contributed by atoms with Gasteiger partial charge in [-0.15, -0.1) is 0 Å². The van der Waals surface area contributed by atoms with Gasteiger partial charge in [0.15, 0.2) is 0 Å². The van der Waals surface area contributed by atoms with E-state index in [1.165, 1.54) is 0 Å². The Morgan fingerprint density at radius 1 is 1.00 bits per heavy atom. The van der Waals surface area contributed by atoms with E-state index in [0.29, 0.717) is 12.4 Å². The molecule has 1 amide bonds. The molecular weight excluding hydrogens is 366 g/mol. The van der Waals surface area contributed by atoms with E-state index in [9.17, 15) is 4.79 Å². The zero-order valence-corrected chi connectivity index (χ0v) is 17.1. The van der Waals surface area contributed by atoms with Crippen molar-refractivity contribution in [1.29, 1.82) is 0 Å². The summed E-state index contributed by atoms with van der Waals surface area (Å²) in [5.74, 6) is 2.06. The Hall–Kier alpha value is -3.61. The molecule has 7 nitrogen and oxygen atoms in total. The maximum Gasteiger partial charge on any atom is 0.229 e. The van der Waals surface area contributed by atoms with E-state index in [0.717, 1.165) is 34.2 Å². The number of nitrogens with zero attached hydrogens (tertiary/aromatic N) is 3. The number of carbonyl (C=O) groups is 1. The third-order valence-electron chi connectivity index (χ3n) is 4.25. The summed E-state index contributed by atoms with van der Waals surface area (Å²) in [5.41, 5.74) is 3.38. The molecule has 3 aromatic rings. The lowest BCUT2D eigenvalue weighted by atomic mass is 10.1. The number of nitrogens with one attached hydrogen (secondary N) is 2. The number of amides is 1. The van der Waals surface area contributed by atoms with Crippen LogP contribution in [0.25, 0.3) is 0 Å². The van der Waals surface area contributed by atoms with E-state index >= 15 is 0 Å². The van der Waals surface area contributed by atoms with Crippen molar-refractivity contribution < 1.29 is 9.53 Å². The van der Waals surface area contributed by atoms with Crippen LogP contribution in [0.3, 0.4) is 0 Å². The predicted molar refractivity (Wildman–Crippen MR) is 116 cm³/mol. The molecule has 0 unspecified atom stereocenters. The summed E-state index contributed by atoms with van der Waals surface area (Å²) >= 11 is 0. The van der Waals surface area contributed by atoms with Crippen LogP contribution in [0.15, 0.2) is 54.6 Å². The number of aromatic nitrogens is 2. The van der Waals surface area contributed by atoms with Crippen LogP contribution >= 0.6 is 0 Å². The summed E-state index contributed by atoms with van der Waals surface area (Å²) in [4.78, 5) is 23.1. The minimum absolute atomic E-state index is 0.0754. The van der Waals surface area contributed by atoms with Crippen molar-refractivity contribution in [3.8, 4) is 5.75 Å². The van der Waals surface area contributed by atoms with Gasteiger partial charge in [0, 0.05) is 37.2 Å². The smallest absolute Gasteiger partial charge is 0.229 e. The highest BCUT2D eigenvalue weighted by Gasteiger charge is 2.07. The van der Waals surface area contributed by atoms with Crippen LogP contribution in [0.2, 0.25) is 0 Å². The van der Waals surface area contributed by atoms with Gasteiger partial charge in [0.05, 0.1) is 13.5 Å². The number of hydrogen-bond acceptors (Lipinski definition) is 6. The van der Waals surface area contributed by atoms with E-state index in [2.05, 4.69) is 20.6 Å². The van der Waals surface area contributed by atoms with Gasteiger partial charge in [0.25, 0.3) is 0 Å². The summed E-state index contributed by atoms with van der Waals surface area (Å²) in [6.45, 7) is 1.93. The molecule has 2 N–H and O–H groups in total. The summed E-state index contributed by atoms with van der Waals surface area (Å²) < 4.78 is 5.13. The number of methoxy groups -OCH3 is 1. The van der Waals surface area contributed by atoms with Crippen molar-refractivity contribution in [2.75, 3.05) is 36.7 Å². The SMILES string of the molecule is COc1ccc(CC(=O)Nc2ccc(Nc3nc(C)cc(N(C)C)n3)cc2)cc1. The standard InChI is InChI=1S/C22H25N5O2/c1-15-13-20(27(2)3)26-22(23-15)25-18-9-7-17(8-10-18)24-21(28)14-16-5-11-19(29-4)12-6-16/h5-13H,14H2,1-4H3,(H,24,28)(H,23,25,26). The van der Waals surface area contributed by atoms with Crippen LogP contribution in [-0.2, 0) is 11.2 Å². The summed E-state index contributed by atoms with van der Waals surface area (Å²) in [7, 11) is 5.50. The van der Waals surface area contributed by atoms with Gasteiger partial charge in [-0.2, -0.15) is 4.98 Å². The molecule has 0 saturated heterocycles. The van der Waals surface area contributed by atoms with Gasteiger partial charge in [-0.3, -0.25) is 4.79 Å². The molecule has 0 saturated carbocycles. The van der Waals surface area contributed by atoms with Crippen molar-refractivity contribution in [3.63, 3.8) is 0 Å². The van der Waals surface area contributed by atoms with Gasteiger partial charge in [-0.1, -0.05) is 12.1 Å². The topological polar surface area (TPSA) is 79.4 Å². The van der Waals surface area contributed by atoms with Gasteiger partial charge in [-0.25, -0.2) is 4.98 Å². The van der Waals surface area contributed by atoms with Gasteiger partial charge >= 0.3 is 0 Å². The molecule has 150 valence electrons. The Morgan fingerprint density at radius 2 is 1.66 bits per heavy atom. The molecule has 3 rings (SSSR count). The highest BCUT2D eigenvalue weighted by Crippen LogP contribution is 2.19. The molecule has 0 aliphatic rings. The molecule has 0 fully saturated rings. The molecule has 1 heterocycles. The number of carbonyl (C=O) groups excluding carboxylic acids is 1. The summed E-state index contributed by atoms with van der Waals surface area (Å²) in [6, 6.07) is 16.8. The fourth-order valence-corrected chi connectivity index (χ4v) is 2.74. The van der Waals surface area contributed by atoms with E-state index in [-0.39, 0.29) is 5.91 Å². The monoisotopic (exact) mass is 391 g/mol. The van der Waals surface area contributed by atoms with E-state index < -0.39 is 0 Å². The number of ether oxygens (including phenoxy) is 1. The van der Waals surface area contributed by atoms with Gasteiger partial charge < -0.3 is 20.3 Å². The summed E-state index contributed by atoms with van der Waals surface area (Å²) in [5, 5.41) is 6.11. The molecule has 1 aromatic heterocycles. The lowest BCUT2D eigenvalue weighted by Gasteiger charge is -2.14. The van der Waals surface area contributed by atoms with Crippen LogP contribution in [-0.4, -0.2) is 37.1 Å². The van der Waals surface area contributed by atoms with E-state index in [1.807, 2.05) is 80.5 Å². The molecule has 0 aliphatic heterocycles. The Morgan fingerprint density at radius 3 is 2.28 bits per heavy atom. The van der Waals surface area contributed by atoms with Crippen LogP contribution in [0, 0.1) is 6.92 Å². The highest BCUT2D eigenvalue weighted by molar-refractivity contribution is 5.92. The third-order valence-corrected chi connectivity index (χ3v) is 4.25. The van der Waals surface area contributed by atoms with Crippen molar-refractivity contribution in [3.05, 3.63) is 65.9 Å². The van der Waals surface area contributed by atoms with Crippen molar-refractivity contribution in [2.24, 2.45) is 0 Å². The number of hydrogen-bond donors (Lipinski definition) is 2. The van der Waals surface area contributed by atoms with Gasteiger partial charge in [0.2, 0.25) is 11.9 Å². The maximum atomic E-state index is 12.3. The van der Waals surface area contributed by atoms with Crippen LogP contribution in [0.1, 0.15) is 11.3 Å². The molecular formula is C22H25N5O2. The molecule has 2 aromatic carbocycles. The molecule has 0 bridgehead atoms.